The van der Waals surface area contributed by atoms with E-state index in [1.165, 1.54) is 11.0 Å². The third kappa shape index (κ3) is 7.65. The molecule has 10 heteroatoms. The molecule has 1 aromatic rings. The van der Waals surface area contributed by atoms with Crippen LogP contribution in [0.2, 0.25) is 0 Å². The van der Waals surface area contributed by atoms with Gasteiger partial charge in [-0.15, -0.1) is 24.0 Å². The molecule has 0 bridgehead atoms. The first-order chi connectivity index (χ1) is 11.3. The van der Waals surface area contributed by atoms with E-state index in [4.69, 9.17) is 0 Å². The zero-order valence-electron chi connectivity index (χ0n) is 13.5. The van der Waals surface area contributed by atoms with Crippen LogP contribution in [-0.2, 0) is 6.54 Å². The van der Waals surface area contributed by atoms with Crippen LogP contribution in [0.25, 0.3) is 0 Å². The van der Waals surface area contributed by atoms with Crippen molar-refractivity contribution in [1.29, 1.82) is 0 Å². The van der Waals surface area contributed by atoms with Gasteiger partial charge in [0.15, 0.2) is 5.96 Å². The van der Waals surface area contributed by atoms with Crippen molar-refractivity contribution in [2.75, 3.05) is 26.7 Å². The number of rotatable bonds is 4. The molecule has 2 N–H and O–H groups in total. The second kappa shape index (κ2) is 9.91. The number of likely N-dealkylation sites (tertiary alicyclic amines) is 1. The normalized spacial score (nSPS) is 18.8. The van der Waals surface area contributed by atoms with E-state index in [2.05, 4.69) is 31.6 Å². The molecule has 1 heterocycles. The van der Waals surface area contributed by atoms with Crippen molar-refractivity contribution < 1.29 is 17.6 Å². The molecule has 1 aromatic carbocycles. The lowest BCUT2D eigenvalue weighted by atomic mass is 10.2. The summed E-state index contributed by atoms with van der Waals surface area (Å²) in [6.07, 6.45) is -3.59. The molecule has 1 atom stereocenters. The molecule has 0 aromatic heterocycles. The Kier molecular flexibility index (Phi) is 8.89. The minimum absolute atomic E-state index is 0. The zero-order chi connectivity index (χ0) is 17.7. The second-order valence-electron chi connectivity index (χ2n) is 5.64. The van der Waals surface area contributed by atoms with Gasteiger partial charge in [-0.1, -0.05) is 22.0 Å². The van der Waals surface area contributed by atoms with Crippen LogP contribution in [-0.4, -0.2) is 49.8 Å². The smallest absolute Gasteiger partial charge is 0.352 e. The summed E-state index contributed by atoms with van der Waals surface area (Å²) in [7, 11) is 1.57. The summed E-state index contributed by atoms with van der Waals surface area (Å²) >= 11 is 3.19. The Morgan fingerprint density at radius 1 is 1.40 bits per heavy atom. The van der Waals surface area contributed by atoms with E-state index in [0.29, 0.717) is 35.5 Å². The number of hydrogen-bond donors (Lipinski definition) is 2. The highest BCUT2D eigenvalue weighted by molar-refractivity contribution is 14.0. The van der Waals surface area contributed by atoms with Crippen molar-refractivity contribution in [1.82, 2.24) is 15.5 Å². The summed E-state index contributed by atoms with van der Waals surface area (Å²) in [6.45, 7) is 0.0153. The fourth-order valence-corrected chi connectivity index (χ4v) is 2.91. The summed E-state index contributed by atoms with van der Waals surface area (Å²) < 4.78 is 51.6. The molecule has 0 amide bonds. The van der Waals surface area contributed by atoms with Gasteiger partial charge in [0.2, 0.25) is 0 Å². The molecule has 1 aliphatic heterocycles. The van der Waals surface area contributed by atoms with Crippen molar-refractivity contribution >= 4 is 45.9 Å². The molecule has 4 nitrogen and oxygen atoms in total. The lowest BCUT2D eigenvalue weighted by molar-refractivity contribution is -0.143. The predicted molar refractivity (Wildman–Crippen MR) is 104 cm³/mol. The van der Waals surface area contributed by atoms with Crippen LogP contribution < -0.4 is 10.6 Å². The Hall–Kier alpha value is -0.620. The first-order valence-electron chi connectivity index (χ1n) is 7.47. The maximum atomic E-state index is 13.8. The van der Waals surface area contributed by atoms with Gasteiger partial charge in [-0.25, -0.2) is 4.39 Å². The number of nitrogens with zero attached hydrogens (tertiary/aromatic N) is 2. The lowest BCUT2D eigenvalue weighted by Gasteiger charge is -2.20. The van der Waals surface area contributed by atoms with Crippen LogP contribution in [0.1, 0.15) is 12.0 Å². The molecule has 0 aliphatic carbocycles. The maximum Gasteiger partial charge on any atom is 0.401 e. The summed E-state index contributed by atoms with van der Waals surface area (Å²) in [5, 5.41) is 6.06. The maximum absolute atomic E-state index is 13.8. The van der Waals surface area contributed by atoms with Gasteiger partial charge < -0.3 is 10.6 Å². The molecule has 0 saturated carbocycles. The Morgan fingerprint density at radius 2 is 2.12 bits per heavy atom. The fraction of sp³-hybridized carbons (Fsp3) is 0.533. The Bertz CT molecular complexity index is 597. The molecule has 0 radical (unpaired) electrons. The van der Waals surface area contributed by atoms with E-state index in [9.17, 15) is 17.6 Å². The van der Waals surface area contributed by atoms with E-state index in [1.807, 2.05) is 0 Å². The molecule has 1 fully saturated rings. The van der Waals surface area contributed by atoms with Crippen LogP contribution in [0.4, 0.5) is 17.6 Å². The fourth-order valence-electron chi connectivity index (χ4n) is 2.58. The van der Waals surface area contributed by atoms with Crippen LogP contribution in [0.5, 0.6) is 0 Å². The van der Waals surface area contributed by atoms with Crippen LogP contribution in [0, 0.1) is 5.82 Å². The summed E-state index contributed by atoms with van der Waals surface area (Å²) in [5.74, 6) is 0.0979. The SMILES string of the molecule is CN=C(NCc1ccc(Br)cc1F)NC1CCN(CC(F)(F)F)C1.I. The second-order valence-corrected chi connectivity index (χ2v) is 6.56. The summed E-state index contributed by atoms with van der Waals surface area (Å²) in [4.78, 5) is 5.40. The monoisotopic (exact) mass is 538 g/mol. The Labute approximate surface area is 169 Å². The van der Waals surface area contributed by atoms with Crippen LogP contribution >= 0.6 is 39.9 Å². The largest absolute Gasteiger partial charge is 0.401 e. The van der Waals surface area contributed by atoms with Gasteiger partial charge in [-0.2, -0.15) is 13.2 Å². The van der Waals surface area contributed by atoms with Gasteiger partial charge >= 0.3 is 6.18 Å². The van der Waals surface area contributed by atoms with Gasteiger partial charge in [0, 0.05) is 42.8 Å². The standard InChI is InChI=1S/C15H19BrF4N4.HI/c1-21-14(22-7-10-2-3-11(16)6-13(10)17)23-12-4-5-24(8-12)9-15(18,19)20;/h2-3,6,12H,4-5,7-9H2,1H3,(H2,21,22,23);1H. The number of guanidine groups is 1. The van der Waals surface area contributed by atoms with Crippen LogP contribution in [0.15, 0.2) is 27.7 Å². The third-order valence-corrected chi connectivity index (χ3v) is 4.19. The van der Waals surface area contributed by atoms with E-state index in [0.717, 1.165) is 0 Å². The first kappa shape index (κ1) is 22.4. The molecular weight excluding hydrogens is 519 g/mol. The number of nitrogens with one attached hydrogen (secondary N) is 2. The van der Waals surface area contributed by atoms with Gasteiger partial charge in [0.1, 0.15) is 5.82 Å². The molecule has 2 rings (SSSR count). The molecule has 1 saturated heterocycles. The minimum Gasteiger partial charge on any atom is -0.352 e. The minimum atomic E-state index is -4.19. The Morgan fingerprint density at radius 3 is 2.72 bits per heavy atom. The summed E-state index contributed by atoms with van der Waals surface area (Å²) in [5.41, 5.74) is 0.478. The van der Waals surface area contributed by atoms with Crippen molar-refractivity contribution in [3.8, 4) is 0 Å². The van der Waals surface area contributed by atoms with Crippen molar-refractivity contribution in [3.05, 3.63) is 34.1 Å². The van der Waals surface area contributed by atoms with Gasteiger partial charge in [-0.3, -0.25) is 9.89 Å². The van der Waals surface area contributed by atoms with Crippen molar-refractivity contribution in [2.24, 2.45) is 4.99 Å². The molecule has 1 aliphatic rings. The quantitative estimate of drug-likeness (QED) is 0.267. The summed E-state index contributed by atoms with van der Waals surface area (Å²) in [6, 6.07) is 4.65. The highest BCUT2D eigenvalue weighted by Gasteiger charge is 2.34. The van der Waals surface area contributed by atoms with Crippen LogP contribution in [0.3, 0.4) is 0 Å². The third-order valence-electron chi connectivity index (χ3n) is 3.70. The molecular formula is C15H20BrF4IN4. The number of halogens is 6. The number of alkyl halides is 3. The molecule has 142 valence electrons. The van der Waals surface area contributed by atoms with E-state index < -0.39 is 12.7 Å². The highest BCUT2D eigenvalue weighted by atomic mass is 127. The zero-order valence-corrected chi connectivity index (χ0v) is 17.5. The van der Waals surface area contributed by atoms with E-state index >= 15 is 0 Å². The van der Waals surface area contributed by atoms with Gasteiger partial charge in [0.05, 0.1) is 6.54 Å². The van der Waals surface area contributed by atoms with Crippen molar-refractivity contribution in [3.63, 3.8) is 0 Å². The topological polar surface area (TPSA) is 39.7 Å². The number of aliphatic imine (C=N–C) groups is 1. The molecule has 25 heavy (non-hydrogen) atoms. The lowest BCUT2D eigenvalue weighted by Crippen LogP contribution is -2.45. The van der Waals surface area contributed by atoms with Gasteiger partial charge in [0.25, 0.3) is 0 Å². The first-order valence-corrected chi connectivity index (χ1v) is 8.26. The molecule has 1 unspecified atom stereocenters. The average Bonchev–Trinajstić information content (AvgIpc) is 2.89. The van der Waals surface area contributed by atoms with Crippen molar-refractivity contribution in [2.45, 2.75) is 25.2 Å². The number of benzene rings is 1. The van der Waals surface area contributed by atoms with Gasteiger partial charge in [-0.05, 0) is 18.6 Å². The predicted octanol–water partition coefficient (Wildman–Crippen LogP) is 3.51. The number of hydrogen-bond acceptors (Lipinski definition) is 2. The Balaban J connectivity index is 0.00000312. The highest BCUT2D eigenvalue weighted by Crippen LogP contribution is 2.20. The van der Waals surface area contributed by atoms with E-state index in [-0.39, 0.29) is 42.4 Å². The molecule has 0 spiro atoms. The van der Waals surface area contributed by atoms with E-state index in [1.54, 1.807) is 19.2 Å². The average molecular weight is 539 g/mol.